The van der Waals surface area contributed by atoms with Crippen LogP contribution < -0.4 is 4.74 Å². The largest absolute Gasteiger partial charge is 0.497 e. The van der Waals surface area contributed by atoms with Crippen molar-refractivity contribution in [1.82, 2.24) is 9.88 Å². The molecule has 198 valence electrons. The number of aliphatic carboxylic acids is 1. The molecule has 10 heteroatoms. The standard InChI is InChI=1S/C27H29F3N2O4S/c1-36-18-4-6-23-19(13-18)26(22(30)14-31-23)24(33)7-2-16-8-9-32(15-20(16)27(34)35)10-11-37-25-12-17(28)3-5-21(25)29/h3-6,12-14,16,20,24,33H,2,7-11,15H2,1H3,(H,34,35)/t16-,20+,24-/m0/s1. The van der Waals surface area contributed by atoms with E-state index in [4.69, 9.17) is 4.74 Å². The maximum absolute atomic E-state index is 14.7. The molecule has 0 saturated carbocycles. The summed E-state index contributed by atoms with van der Waals surface area (Å²) in [4.78, 5) is 18.4. The fourth-order valence-electron chi connectivity index (χ4n) is 4.92. The summed E-state index contributed by atoms with van der Waals surface area (Å²) in [5.74, 6) is -2.33. The summed E-state index contributed by atoms with van der Waals surface area (Å²) in [6.07, 6.45) is 1.19. The molecule has 2 aromatic carbocycles. The molecule has 1 aliphatic heterocycles. The van der Waals surface area contributed by atoms with Gasteiger partial charge in [-0.1, -0.05) is 0 Å². The molecular formula is C27H29F3N2O4S. The Morgan fingerprint density at radius 2 is 2.03 bits per heavy atom. The number of rotatable bonds is 10. The Hall–Kier alpha value is -2.82. The number of carboxylic acids is 1. The third-order valence-electron chi connectivity index (χ3n) is 6.93. The summed E-state index contributed by atoms with van der Waals surface area (Å²) in [7, 11) is 1.50. The second-order valence-electron chi connectivity index (χ2n) is 9.21. The molecule has 37 heavy (non-hydrogen) atoms. The molecule has 3 atom stereocenters. The van der Waals surface area contributed by atoms with Crippen LogP contribution in [0.4, 0.5) is 13.2 Å². The number of hydrogen-bond donors (Lipinski definition) is 2. The van der Waals surface area contributed by atoms with Gasteiger partial charge in [-0.25, -0.2) is 13.2 Å². The van der Waals surface area contributed by atoms with Crippen LogP contribution in [0.2, 0.25) is 0 Å². The third kappa shape index (κ3) is 6.55. The lowest BCUT2D eigenvalue weighted by Gasteiger charge is -2.37. The lowest BCUT2D eigenvalue weighted by molar-refractivity contribution is -0.146. The molecule has 0 bridgehead atoms. The summed E-state index contributed by atoms with van der Waals surface area (Å²) < 4.78 is 47.2. The second-order valence-corrected chi connectivity index (χ2v) is 10.4. The summed E-state index contributed by atoms with van der Waals surface area (Å²) in [6, 6.07) is 8.36. The first-order valence-corrected chi connectivity index (χ1v) is 13.1. The Morgan fingerprint density at radius 3 is 2.78 bits per heavy atom. The minimum atomic E-state index is -1.12. The smallest absolute Gasteiger partial charge is 0.308 e. The van der Waals surface area contributed by atoms with Gasteiger partial charge in [-0.3, -0.25) is 9.78 Å². The number of thioether (sulfide) groups is 1. The summed E-state index contributed by atoms with van der Waals surface area (Å²) in [5.41, 5.74) is 0.666. The summed E-state index contributed by atoms with van der Waals surface area (Å²) in [6.45, 7) is 1.52. The number of aliphatic hydroxyl groups excluding tert-OH is 1. The Bertz CT molecular complexity index is 1260. The van der Waals surface area contributed by atoms with Gasteiger partial charge in [-0.05, 0) is 68.1 Å². The highest BCUT2D eigenvalue weighted by Crippen LogP contribution is 2.35. The van der Waals surface area contributed by atoms with Crippen LogP contribution in [0, 0.1) is 29.3 Å². The lowest BCUT2D eigenvalue weighted by Crippen LogP contribution is -2.44. The van der Waals surface area contributed by atoms with Crippen molar-refractivity contribution in [2.45, 2.75) is 30.3 Å². The number of carbonyl (C=O) groups is 1. The second kappa shape index (κ2) is 12.1. The zero-order valence-electron chi connectivity index (χ0n) is 20.4. The Balaban J connectivity index is 1.36. The minimum Gasteiger partial charge on any atom is -0.497 e. The van der Waals surface area contributed by atoms with Crippen LogP contribution in [0.15, 0.2) is 47.5 Å². The Kier molecular flexibility index (Phi) is 8.94. The molecule has 0 aliphatic carbocycles. The van der Waals surface area contributed by atoms with Crippen molar-refractivity contribution in [3.05, 3.63) is 65.6 Å². The molecule has 1 saturated heterocycles. The van der Waals surface area contributed by atoms with E-state index < -0.39 is 35.4 Å². The highest BCUT2D eigenvalue weighted by Gasteiger charge is 2.34. The zero-order chi connectivity index (χ0) is 26.5. The van der Waals surface area contributed by atoms with Crippen LogP contribution in [0.3, 0.4) is 0 Å². The molecule has 0 unspecified atom stereocenters. The number of pyridine rings is 1. The number of benzene rings is 2. The first kappa shape index (κ1) is 27.2. The van der Waals surface area contributed by atoms with Crippen LogP contribution in [-0.2, 0) is 4.79 Å². The van der Waals surface area contributed by atoms with Gasteiger partial charge in [0.25, 0.3) is 0 Å². The number of hydrogen-bond acceptors (Lipinski definition) is 6. The molecular weight excluding hydrogens is 505 g/mol. The zero-order valence-corrected chi connectivity index (χ0v) is 21.2. The molecule has 2 N–H and O–H groups in total. The minimum absolute atomic E-state index is 0.134. The number of fused-ring (bicyclic) bond motifs is 1. The topological polar surface area (TPSA) is 82.9 Å². The van der Waals surface area contributed by atoms with E-state index in [1.54, 1.807) is 18.2 Å². The van der Waals surface area contributed by atoms with Crippen molar-refractivity contribution in [3.8, 4) is 5.75 Å². The number of likely N-dealkylation sites (tertiary alicyclic amines) is 1. The molecule has 1 fully saturated rings. The highest BCUT2D eigenvalue weighted by molar-refractivity contribution is 7.99. The van der Waals surface area contributed by atoms with E-state index in [0.717, 1.165) is 24.4 Å². The average Bonchev–Trinajstić information content (AvgIpc) is 2.89. The Labute approximate surface area is 217 Å². The van der Waals surface area contributed by atoms with E-state index in [2.05, 4.69) is 4.98 Å². The maximum Gasteiger partial charge on any atom is 0.308 e. The molecule has 1 aliphatic rings. The van der Waals surface area contributed by atoms with Crippen molar-refractivity contribution in [3.63, 3.8) is 0 Å². The normalized spacial score (nSPS) is 19.2. The molecule has 0 spiro atoms. The van der Waals surface area contributed by atoms with Gasteiger partial charge < -0.3 is 19.8 Å². The van der Waals surface area contributed by atoms with E-state index >= 15 is 0 Å². The van der Waals surface area contributed by atoms with Gasteiger partial charge in [0.2, 0.25) is 0 Å². The van der Waals surface area contributed by atoms with E-state index in [9.17, 15) is 28.2 Å². The molecule has 2 heterocycles. The SMILES string of the molecule is COc1ccc2ncc(F)c([C@@H](O)CC[C@H]3CCN(CCSc4cc(F)ccc4F)C[C@H]3C(=O)O)c2c1. The van der Waals surface area contributed by atoms with Crippen molar-refractivity contribution in [2.24, 2.45) is 11.8 Å². The van der Waals surface area contributed by atoms with Crippen molar-refractivity contribution in [2.75, 3.05) is 32.5 Å². The lowest BCUT2D eigenvalue weighted by atomic mass is 9.81. The predicted octanol–water partition coefficient (Wildman–Crippen LogP) is 5.29. The van der Waals surface area contributed by atoms with Gasteiger partial charge in [-0.2, -0.15) is 0 Å². The number of carboxylic acid groups (broad SMARTS) is 1. The molecule has 0 amide bonds. The quantitative estimate of drug-likeness (QED) is 0.342. The first-order chi connectivity index (χ1) is 17.8. The summed E-state index contributed by atoms with van der Waals surface area (Å²) >= 11 is 1.20. The van der Waals surface area contributed by atoms with Gasteiger partial charge in [-0.15, -0.1) is 11.8 Å². The Morgan fingerprint density at radius 1 is 1.22 bits per heavy atom. The number of aromatic nitrogens is 1. The van der Waals surface area contributed by atoms with E-state index in [1.807, 2.05) is 4.90 Å². The molecule has 1 aromatic heterocycles. The van der Waals surface area contributed by atoms with Gasteiger partial charge >= 0.3 is 5.97 Å². The van der Waals surface area contributed by atoms with Crippen LogP contribution in [0.1, 0.15) is 30.9 Å². The van der Waals surface area contributed by atoms with Gasteiger partial charge in [0, 0.05) is 34.7 Å². The predicted molar refractivity (Wildman–Crippen MR) is 135 cm³/mol. The number of aliphatic hydroxyl groups is 1. The summed E-state index contributed by atoms with van der Waals surface area (Å²) in [5, 5.41) is 21.2. The van der Waals surface area contributed by atoms with E-state index in [0.29, 0.717) is 54.9 Å². The third-order valence-corrected chi connectivity index (χ3v) is 7.94. The van der Waals surface area contributed by atoms with Crippen LogP contribution in [0.5, 0.6) is 5.75 Å². The maximum atomic E-state index is 14.7. The van der Waals surface area contributed by atoms with Gasteiger partial charge in [0.05, 0.1) is 30.8 Å². The van der Waals surface area contributed by atoms with Crippen molar-refractivity contribution in [1.29, 1.82) is 0 Å². The first-order valence-electron chi connectivity index (χ1n) is 12.1. The number of methoxy groups -OCH3 is 1. The molecule has 6 nitrogen and oxygen atoms in total. The molecule has 4 rings (SSSR count). The monoisotopic (exact) mass is 534 g/mol. The number of halogens is 3. The van der Waals surface area contributed by atoms with Crippen LogP contribution in [-0.4, -0.2) is 58.6 Å². The van der Waals surface area contributed by atoms with Crippen molar-refractivity contribution >= 4 is 28.6 Å². The van der Waals surface area contributed by atoms with Gasteiger partial charge in [0.15, 0.2) is 0 Å². The van der Waals surface area contributed by atoms with Crippen molar-refractivity contribution < 1.29 is 32.9 Å². The fraction of sp³-hybridized carbons (Fsp3) is 0.407. The molecule has 3 aromatic rings. The van der Waals surface area contributed by atoms with E-state index in [1.165, 1.54) is 18.9 Å². The molecule has 0 radical (unpaired) electrons. The average molecular weight is 535 g/mol. The number of piperidine rings is 1. The fourth-order valence-corrected chi connectivity index (χ4v) is 5.89. The number of ether oxygens (including phenoxy) is 1. The van der Waals surface area contributed by atoms with Crippen LogP contribution in [0.25, 0.3) is 10.9 Å². The van der Waals surface area contributed by atoms with Crippen LogP contribution >= 0.6 is 11.8 Å². The number of nitrogens with zero attached hydrogens (tertiary/aromatic N) is 2. The highest BCUT2D eigenvalue weighted by atomic mass is 32.2. The van der Waals surface area contributed by atoms with E-state index in [-0.39, 0.29) is 22.8 Å². The van der Waals surface area contributed by atoms with Gasteiger partial charge in [0.1, 0.15) is 23.2 Å².